The highest BCUT2D eigenvalue weighted by Crippen LogP contribution is 2.27. The van der Waals surface area contributed by atoms with E-state index in [2.05, 4.69) is 13.8 Å². The quantitative estimate of drug-likeness (QED) is 0.591. The first-order chi connectivity index (χ1) is 11.0. The Bertz CT molecular complexity index is 589. The number of anilines is 1. The van der Waals surface area contributed by atoms with E-state index in [1.807, 2.05) is 35.2 Å². The number of amides is 1. The van der Waals surface area contributed by atoms with Crippen molar-refractivity contribution in [1.82, 2.24) is 4.90 Å². The van der Waals surface area contributed by atoms with E-state index < -0.39 is 6.04 Å². The molecule has 0 N–H and O–H groups in total. The normalized spacial score (nSPS) is 18.0. The number of esters is 1. The zero-order valence-corrected chi connectivity index (χ0v) is 14.5. The Balaban J connectivity index is 2.29. The lowest BCUT2D eigenvalue weighted by Gasteiger charge is -2.25. The number of benzene rings is 1. The second kappa shape index (κ2) is 7.55. The van der Waals surface area contributed by atoms with Crippen molar-refractivity contribution < 1.29 is 14.3 Å². The van der Waals surface area contributed by atoms with Crippen LogP contribution in [0.5, 0.6) is 0 Å². The Morgan fingerprint density at radius 1 is 1.30 bits per heavy atom. The standard InChI is InChI=1S/C17H22N2O3S/c1-4-22-15(20)10-14-16(21)19(13-8-6-5-7-9-13)17(23)18(14)11-12(2)3/h5-9,12,14H,4,10-11H2,1-3H3. The van der Waals surface area contributed by atoms with Gasteiger partial charge >= 0.3 is 5.97 Å². The summed E-state index contributed by atoms with van der Waals surface area (Å²) in [4.78, 5) is 28.1. The predicted octanol–water partition coefficient (Wildman–Crippen LogP) is 2.60. The van der Waals surface area contributed by atoms with E-state index in [1.165, 1.54) is 4.90 Å². The van der Waals surface area contributed by atoms with E-state index in [-0.39, 0.29) is 18.3 Å². The minimum absolute atomic E-state index is 0.0167. The molecule has 1 unspecified atom stereocenters. The van der Waals surface area contributed by atoms with Gasteiger partial charge in [0.1, 0.15) is 6.04 Å². The monoisotopic (exact) mass is 334 g/mol. The Morgan fingerprint density at radius 3 is 2.52 bits per heavy atom. The summed E-state index contributed by atoms with van der Waals surface area (Å²) in [5, 5.41) is 0.448. The Hall–Kier alpha value is -1.95. The molecule has 0 spiro atoms. The topological polar surface area (TPSA) is 49.9 Å². The summed E-state index contributed by atoms with van der Waals surface area (Å²) in [6, 6.07) is 8.68. The molecule has 0 radical (unpaired) electrons. The summed E-state index contributed by atoms with van der Waals surface area (Å²) in [5.41, 5.74) is 0.725. The fourth-order valence-electron chi connectivity index (χ4n) is 2.63. The minimum Gasteiger partial charge on any atom is -0.466 e. The molecular weight excluding hydrogens is 312 g/mol. The van der Waals surface area contributed by atoms with Crippen molar-refractivity contribution in [1.29, 1.82) is 0 Å². The number of nitrogens with zero attached hydrogens (tertiary/aromatic N) is 2. The molecule has 0 bridgehead atoms. The van der Waals surface area contributed by atoms with Crippen LogP contribution < -0.4 is 4.90 Å². The lowest BCUT2D eigenvalue weighted by molar-refractivity contribution is -0.145. The van der Waals surface area contributed by atoms with Crippen LogP contribution in [0.4, 0.5) is 5.69 Å². The Kier molecular flexibility index (Phi) is 5.71. The number of hydrogen-bond donors (Lipinski definition) is 0. The van der Waals surface area contributed by atoms with Crippen LogP contribution in [0.2, 0.25) is 0 Å². The third-order valence-electron chi connectivity index (χ3n) is 3.56. The zero-order valence-electron chi connectivity index (χ0n) is 13.7. The summed E-state index contributed by atoms with van der Waals surface area (Å²) >= 11 is 5.51. The Morgan fingerprint density at radius 2 is 1.96 bits per heavy atom. The number of ether oxygens (including phenoxy) is 1. The molecule has 1 fully saturated rings. The van der Waals surface area contributed by atoms with Crippen LogP contribution in [0.15, 0.2) is 30.3 Å². The van der Waals surface area contributed by atoms with Gasteiger partial charge in [0, 0.05) is 6.54 Å². The van der Waals surface area contributed by atoms with Crippen LogP contribution in [0.25, 0.3) is 0 Å². The first-order valence-corrected chi connectivity index (χ1v) is 8.21. The summed E-state index contributed by atoms with van der Waals surface area (Å²) in [6.45, 7) is 6.79. The van der Waals surface area contributed by atoms with Gasteiger partial charge < -0.3 is 9.64 Å². The van der Waals surface area contributed by atoms with E-state index in [0.717, 1.165) is 5.69 Å². The van der Waals surface area contributed by atoms with Gasteiger partial charge in [-0.25, -0.2) is 0 Å². The maximum Gasteiger partial charge on any atom is 0.308 e. The highest BCUT2D eigenvalue weighted by Gasteiger charge is 2.44. The van der Waals surface area contributed by atoms with E-state index in [1.54, 1.807) is 6.92 Å². The number of rotatable bonds is 6. The zero-order chi connectivity index (χ0) is 17.0. The number of carbonyl (C=O) groups is 2. The van der Waals surface area contributed by atoms with Gasteiger partial charge in [0.2, 0.25) is 0 Å². The summed E-state index contributed by atoms with van der Waals surface area (Å²) in [5.74, 6) is -0.228. The van der Waals surface area contributed by atoms with Gasteiger partial charge in [0.15, 0.2) is 5.11 Å². The van der Waals surface area contributed by atoms with E-state index in [0.29, 0.717) is 24.2 Å². The third kappa shape index (κ3) is 3.88. The smallest absolute Gasteiger partial charge is 0.308 e. The highest BCUT2D eigenvalue weighted by molar-refractivity contribution is 7.80. The van der Waals surface area contributed by atoms with Gasteiger partial charge in [-0.15, -0.1) is 0 Å². The van der Waals surface area contributed by atoms with Crippen LogP contribution in [-0.4, -0.2) is 41.1 Å². The van der Waals surface area contributed by atoms with Crippen LogP contribution >= 0.6 is 12.2 Å². The molecule has 1 aliphatic heterocycles. The molecule has 124 valence electrons. The summed E-state index contributed by atoms with van der Waals surface area (Å²) < 4.78 is 5.00. The lowest BCUT2D eigenvalue weighted by Crippen LogP contribution is -2.39. The maximum absolute atomic E-state index is 12.8. The van der Waals surface area contributed by atoms with Gasteiger partial charge in [-0.1, -0.05) is 32.0 Å². The molecule has 1 atom stereocenters. The maximum atomic E-state index is 12.8. The molecular formula is C17H22N2O3S. The largest absolute Gasteiger partial charge is 0.466 e. The fourth-order valence-corrected chi connectivity index (χ4v) is 3.02. The third-order valence-corrected chi connectivity index (χ3v) is 3.98. The van der Waals surface area contributed by atoms with Crippen molar-refractivity contribution in [2.24, 2.45) is 5.92 Å². The average Bonchev–Trinajstić information content (AvgIpc) is 2.72. The molecule has 0 aromatic heterocycles. The van der Waals surface area contributed by atoms with Crippen molar-refractivity contribution in [2.75, 3.05) is 18.1 Å². The molecule has 23 heavy (non-hydrogen) atoms. The molecule has 2 rings (SSSR count). The average molecular weight is 334 g/mol. The van der Waals surface area contributed by atoms with Crippen molar-refractivity contribution in [3.8, 4) is 0 Å². The molecule has 1 aromatic carbocycles. The molecule has 5 nitrogen and oxygen atoms in total. The van der Waals surface area contributed by atoms with Crippen LogP contribution in [-0.2, 0) is 14.3 Å². The molecule has 1 aliphatic rings. The number of hydrogen-bond acceptors (Lipinski definition) is 4. The predicted molar refractivity (Wildman–Crippen MR) is 93.1 cm³/mol. The van der Waals surface area contributed by atoms with E-state index in [4.69, 9.17) is 17.0 Å². The van der Waals surface area contributed by atoms with Crippen LogP contribution in [0.1, 0.15) is 27.2 Å². The van der Waals surface area contributed by atoms with E-state index >= 15 is 0 Å². The fraction of sp³-hybridized carbons (Fsp3) is 0.471. The first-order valence-electron chi connectivity index (χ1n) is 7.81. The van der Waals surface area contributed by atoms with Crippen molar-refractivity contribution in [3.63, 3.8) is 0 Å². The summed E-state index contributed by atoms with van der Waals surface area (Å²) in [6.07, 6.45) is 0.0167. The molecule has 1 heterocycles. The second-order valence-electron chi connectivity index (χ2n) is 5.86. The Labute approximate surface area is 142 Å². The summed E-state index contributed by atoms with van der Waals surface area (Å²) in [7, 11) is 0. The van der Waals surface area contributed by atoms with Gasteiger partial charge in [-0.05, 0) is 37.2 Å². The first kappa shape index (κ1) is 17.4. The van der Waals surface area contributed by atoms with Gasteiger partial charge in [-0.2, -0.15) is 0 Å². The van der Waals surface area contributed by atoms with Gasteiger partial charge in [0.25, 0.3) is 5.91 Å². The van der Waals surface area contributed by atoms with E-state index in [9.17, 15) is 9.59 Å². The van der Waals surface area contributed by atoms with Gasteiger partial charge in [0.05, 0.1) is 18.7 Å². The van der Waals surface area contributed by atoms with Crippen LogP contribution in [0.3, 0.4) is 0 Å². The SMILES string of the molecule is CCOC(=O)CC1C(=O)N(c2ccccc2)C(=S)N1CC(C)C. The molecule has 0 aliphatic carbocycles. The van der Waals surface area contributed by atoms with Crippen molar-refractivity contribution in [3.05, 3.63) is 30.3 Å². The lowest BCUT2D eigenvalue weighted by atomic mass is 10.1. The van der Waals surface area contributed by atoms with Gasteiger partial charge in [-0.3, -0.25) is 14.5 Å². The molecule has 1 amide bonds. The number of carbonyl (C=O) groups excluding carboxylic acids is 2. The van der Waals surface area contributed by atoms with Crippen molar-refractivity contribution in [2.45, 2.75) is 33.2 Å². The van der Waals surface area contributed by atoms with Crippen molar-refractivity contribution >= 4 is 34.9 Å². The number of para-hydroxylation sites is 1. The molecule has 1 saturated heterocycles. The number of thiocarbonyl (C=S) groups is 1. The minimum atomic E-state index is -0.593. The molecule has 1 aromatic rings. The highest BCUT2D eigenvalue weighted by atomic mass is 32.1. The second-order valence-corrected chi connectivity index (χ2v) is 6.23. The molecule has 0 saturated carbocycles. The molecule has 6 heteroatoms. The van der Waals surface area contributed by atoms with Crippen LogP contribution in [0, 0.1) is 5.92 Å².